The quantitative estimate of drug-likeness (QED) is 0.815. The first-order chi connectivity index (χ1) is 7.33. The van der Waals surface area contributed by atoms with Crippen molar-refractivity contribution in [2.75, 3.05) is 13.1 Å². The first-order valence-corrected chi connectivity index (χ1v) is 5.94. The third kappa shape index (κ3) is 2.20. The highest BCUT2D eigenvalue weighted by Crippen LogP contribution is 2.42. The van der Waals surface area contributed by atoms with Gasteiger partial charge in [0.2, 0.25) is 0 Å². The zero-order valence-corrected chi connectivity index (χ0v) is 9.66. The number of hydrogen-bond donors (Lipinski definition) is 1. The molecule has 1 saturated carbocycles. The highest BCUT2D eigenvalue weighted by Gasteiger charge is 2.32. The van der Waals surface area contributed by atoms with Crippen molar-refractivity contribution in [3.8, 4) is 0 Å². The molecule has 0 aliphatic heterocycles. The van der Waals surface area contributed by atoms with Crippen LogP contribution in [0.2, 0.25) is 0 Å². The molecule has 1 heterocycles. The van der Waals surface area contributed by atoms with Gasteiger partial charge in [-0.1, -0.05) is 6.92 Å². The molecule has 1 fully saturated rings. The average molecular weight is 204 g/mol. The van der Waals surface area contributed by atoms with Crippen molar-refractivity contribution in [1.29, 1.82) is 0 Å². The number of aryl methyl sites for hydroxylation is 1. The van der Waals surface area contributed by atoms with Gasteiger partial charge in [-0.05, 0) is 61.9 Å². The summed E-state index contributed by atoms with van der Waals surface area (Å²) in [6.45, 7) is 6.60. The lowest BCUT2D eigenvalue weighted by Crippen LogP contribution is -2.34. The Balaban J connectivity index is 2.02. The summed E-state index contributed by atoms with van der Waals surface area (Å²) in [6, 6.07) is 2.12. The predicted octanol–water partition coefficient (Wildman–Crippen LogP) is 2.49. The van der Waals surface area contributed by atoms with Crippen LogP contribution in [-0.2, 0) is 0 Å². The van der Waals surface area contributed by atoms with E-state index in [-0.39, 0.29) is 0 Å². The second kappa shape index (κ2) is 4.75. The molecule has 82 valence electrons. The lowest BCUT2D eigenvalue weighted by Gasteiger charge is -2.37. The summed E-state index contributed by atoms with van der Waals surface area (Å²) in [5.41, 5.74) is 2.86. The standard InChI is InChI=1S/C13H20N2/c1-3-14-8-11-4-5-12(11)13-9-15-7-6-10(13)2/h6-7,9,11-12,14H,3-5,8H2,1-2H3. The van der Waals surface area contributed by atoms with E-state index >= 15 is 0 Å². The van der Waals surface area contributed by atoms with Crippen LogP contribution in [0.15, 0.2) is 18.5 Å². The molecule has 2 unspecified atom stereocenters. The van der Waals surface area contributed by atoms with Gasteiger partial charge in [0.25, 0.3) is 0 Å². The number of rotatable bonds is 4. The van der Waals surface area contributed by atoms with Crippen molar-refractivity contribution in [1.82, 2.24) is 10.3 Å². The number of hydrogen-bond acceptors (Lipinski definition) is 2. The molecule has 1 aromatic rings. The van der Waals surface area contributed by atoms with Crippen LogP contribution in [0, 0.1) is 12.8 Å². The molecule has 0 radical (unpaired) electrons. The first kappa shape index (κ1) is 10.6. The maximum Gasteiger partial charge on any atom is 0.0305 e. The maximum absolute atomic E-state index is 4.24. The molecule has 15 heavy (non-hydrogen) atoms. The molecule has 1 aliphatic carbocycles. The molecule has 1 N–H and O–H groups in total. The number of aromatic nitrogens is 1. The molecule has 1 aliphatic rings. The van der Waals surface area contributed by atoms with E-state index in [1.807, 2.05) is 6.20 Å². The molecule has 0 bridgehead atoms. The van der Waals surface area contributed by atoms with Gasteiger partial charge in [-0.3, -0.25) is 4.98 Å². The topological polar surface area (TPSA) is 24.9 Å². The van der Waals surface area contributed by atoms with Crippen LogP contribution in [0.1, 0.15) is 36.8 Å². The Kier molecular flexibility index (Phi) is 3.37. The predicted molar refractivity (Wildman–Crippen MR) is 63.0 cm³/mol. The summed E-state index contributed by atoms with van der Waals surface area (Å²) in [7, 11) is 0. The SMILES string of the molecule is CCNCC1CCC1c1cnccc1C. The Morgan fingerprint density at radius 1 is 1.47 bits per heavy atom. The second-order valence-electron chi connectivity index (χ2n) is 4.48. The van der Waals surface area contributed by atoms with Crippen molar-refractivity contribution < 1.29 is 0 Å². The molecule has 0 spiro atoms. The van der Waals surface area contributed by atoms with Crippen LogP contribution >= 0.6 is 0 Å². The van der Waals surface area contributed by atoms with E-state index in [0.29, 0.717) is 0 Å². The monoisotopic (exact) mass is 204 g/mol. The van der Waals surface area contributed by atoms with Crippen molar-refractivity contribution >= 4 is 0 Å². The molecule has 2 heteroatoms. The Bertz CT molecular complexity index is 322. The van der Waals surface area contributed by atoms with Crippen LogP contribution in [0.5, 0.6) is 0 Å². The summed E-state index contributed by atoms with van der Waals surface area (Å²) in [6.07, 6.45) is 6.64. The molecule has 0 aromatic carbocycles. The summed E-state index contributed by atoms with van der Waals surface area (Å²) >= 11 is 0. The van der Waals surface area contributed by atoms with Gasteiger partial charge < -0.3 is 5.32 Å². The molecule has 0 amide bonds. The highest BCUT2D eigenvalue weighted by atomic mass is 14.9. The van der Waals surface area contributed by atoms with E-state index in [4.69, 9.17) is 0 Å². The number of nitrogens with one attached hydrogen (secondary N) is 1. The Morgan fingerprint density at radius 3 is 2.93 bits per heavy atom. The minimum absolute atomic E-state index is 0.748. The lowest BCUT2D eigenvalue weighted by atomic mass is 9.69. The van der Waals surface area contributed by atoms with E-state index in [2.05, 4.69) is 36.4 Å². The number of pyridine rings is 1. The van der Waals surface area contributed by atoms with Gasteiger partial charge in [-0.2, -0.15) is 0 Å². The third-order valence-electron chi connectivity index (χ3n) is 3.55. The van der Waals surface area contributed by atoms with E-state index < -0.39 is 0 Å². The van der Waals surface area contributed by atoms with Gasteiger partial charge in [0.05, 0.1) is 0 Å². The van der Waals surface area contributed by atoms with Crippen molar-refractivity contribution in [3.05, 3.63) is 29.6 Å². The molecule has 0 saturated heterocycles. The van der Waals surface area contributed by atoms with Gasteiger partial charge in [0.15, 0.2) is 0 Å². The summed E-state index contributed by atoms with van der Waals surface area (Å²) in [4.78, 5) is 4.24. The highest BCUT2D eigenvalue weighted by molar-refractivity contribution is 5.28. The normalized spacial score (nSPS) is 24.9. The lowest BCUT2D eigenvalue weighted by molar-refractivity contribution is 0.246. The Morgan fingerprint density at radius 2 is 2.33 bits per heavy atom. The van der Waals surface area contributed by atoms with Crippen LogP contribution in [-0.4, -0.2) is 18.1 Å². The fourth-order valence-corrected chi connectivity index (χ4v) is 2.42. The van der Waals surface area contributed by atoms with Gasteiger partial charge in [0, 0.05) is 12.4 Å². The van der Waals surface area contributed by atoms with E-state index in [1.165, 1.54) is 24.0 Å². The summed E-state index contributed by atoms with van der Waals surface area (Å²) in [5, 5.41) is 3.45. The van der Waals surface area contributed by atoms with Gasteiger partial charge in [-0.25, -0.2) is 0 Å². The number of nitrogens with zero attached hydrogens (tertiary/aromatic N) is 1. The average Bonchev–Trinajstić information content (AvgIpc) is 2.20. The van der Waals surface area contributed by atoms with Crippen LogP contribution in [0.4, 0.5) is 0 Å². The zero-order chi connectivity index (χ0) is 10.7. The smallest absolute Gasteiger partial charge is 0.0305 e. The molecular formula is C13H20N2. The molecule has 2 rings (SSSR count). The first-order valence-electron chi connectivity index (χ1n) is 5.94. The second-order valence-corrected chi connectivity index (χ2v) is 4.48. The van der Waals surface area contributed by atoms with Crippen molar-refractivity contribution in [2.45, 2.75) is 32.6 Å². The van der Waals surface area contributed by atoms with Gasteiger partial charge in [-0.15, -0.1) is 0 Å². The van der Waals surface area contributed by atoms with Gasteiger partial charge >= 0.3 is 0 Å². The van der Waals surface area contributed by atoms with Crippen LogP contribution in [0.25, 0.3) is 0 Å². The van der Waals surface area contributed by atoms with E-state index in [0.717, 1.165) is 24.9 Å². The minimum atomic E-state index is 0.748. The van der Waals surface area contributed by atoms with Crippen LogP contribution in [0.3, 0.4) is 0 Å². The largest absolute Gasteiger partial charge is 0.317 e. The molecule has 1 aromatic heterocycles. The maximum atomic E-state index is 4.24. The molecule has 2 atom stereocenters. The minimum Gasteiger partial charge on any atom is -0.317 e. The zero-order valence-electron chi connectivity index (χ0n) is 9.66. The summed E-state index contributed by atoms with van der Waals surface area (Å²) in [5.74, 6) is 1.57. The molecular weight excluding hydrogens is 184 g/mol. The Labute approximate surface area is 92.1 Å². The fourth-order valence-electron chi connectivity index (χ4n) is 2.42. The van der Waals surface area contributed by atoms with Crippen LogP contribution < -0.4 is 5.32 Å². The summed E-state index contributed by atoms with van der Waals surface area (Å²) < 4.78 is 0. The third-order valence-corrected chi connectivity index (χ3v) is 3.55. The van der Waals surface area contributed by atoms with E-state index in [9.17, 15) is 0 Å². The fraction of sp³-hybridized carbons (Fsp3) is 0.615. The Hall–Kier alpha value is -0.890. The van der Waals surface area contributed by atoms with Crippen molar-refractivity contribution in [2.24, 2.45) is 5.92 Å². The van der Waals surface area contributed by atoms with Gasteiger partial charge in [0.1, 0.15) is 0 Å². The van der Waals surface area contributed by atoms with Crippen molar-refractivity contribution in [3.63, 3.8) is 0 Å². The van der Waals surface area contributed by atoms with E-state index in [1.54, 1.807) is 0 Å². The molecule has 2 nitrogen and oxygen atoms in total.